The van der Waals surface area contributed by atoms with Gasteiger partial charge in [-0.05, 0) is 11.6 Å². The van der Waals surface area contributed by atoms with Crippen LogP contribution in [0.3, 0.4) is 0 Å². The van der Waals surface area contributed by atoms with Gasteiger partial charge in [-0.2, -0.15) is 0 Å². The van der Waals surface area contributed by atoms with E-state index in [4.69, 9.17) is 0 Å². The Morgan fingerprint density at radius 3 is 2.69 bits per heavy atom. The van der Waals surface area contributed by atoms with Crippen LogP contribution in [0.5, 0.6) is 5.75 Å². The van der Waals surface area contributed by atoms with Crippen LogP contribution in [0.4, 0.5) is 0 Å². The van der Waals surface area contributed by atoms with Crippen LogP contribution in [-0.4, -0.2) is 21.4 Å². The Balaban J connectivity index is 2.60. The van der Waals surface area contributed by atoms with Crippen LogP contribution in [0.25, 0.3) is 6.08 Å². The molecule has 2 atom stereocenters. The molecule has 3 heteroatoms. The van der Waals surface area contributed by atoms with Crippen LogP contribution in [0.1, 0.15) is 17.2 Å². The number of hydrogen-bond acceptors (Lipinski definition) is 3. The van der Waals surface area contributed by atoms with E-state index in [-0.39, 0.29) is 5.75 Å². The number of rotatable bonds is 0. The van der Waals surface area contributed by atoms with Crippen LogP contribution >= 0.6 is 0 Å². The molecule has 0 saturated carbocycles. The third-order valence-electron chi connectivity index (χ3n) is 2.21. The minimum absolute atomic E-state index is 0.0217. The summed E-state index contributed by atoms with van der Waals surface area (Å²) < 4.78 is 0. The predicted molar refractivity (Wildman–Crippen MR) is 48.1 cm³/mol. The molecule has 0 fully saturated rings. The van der Waals surface area contributed by atoms with Crippen molar-refractivity contribution in [2.24, 2.45) is 0 Å². The van der Waals surface area contributed by atoms with E-state index in [0.717, 1.165) is 5.56 Å². The van der Waals surface area contributed by atoms with Crippen LogP contribution in [0, 0.1) is 0 Å². The van der Waals surface area contributed by atoms with Crippen LogP contribution in [0.2, 0.25) is 0 Å². The zero-order chi connectivity index (χ0) is 9.42. The highest BCUT2D eigenvalue weighted by atomic mass is 16.3. The van der Waals surface area contributed by atoms with E-state index in [1.54, 1.807) is 18.2 Å². The molecule has 2 rings (SSSR count). The van der Waals surface area contributed by atoms with Gasteiger partial charge in [0.1, 0.15) is 18.0 Å². The molecule has 0 amide bonds. The molecule has 0 spiro atoms. The highest BCUT2D eigenvalue weighted by Gasteiger charge is 2.24. The minimum Gasteiger partial charge on any atom is -0.508 e. The molecule has 0 heterocycles. The highest BCUT2D eigenvalue weighted by Crippen LogP contribution is 2.34. The molecule has 3 nitrogen and oxygen atoms in total. The van der Waals surface area contributed by atoms with Crippen molar-refractivity contribution in [2.45, 2.75) is 12.2 Å². The first-order valence-corrected chi connectivity index (χ1v) is 4.06. The normalized spacial score (nSPS) is 25.7. The van der Waals surface area contributed by atoms with Gasteiger partial charge in [-0.3, -0.25) is 0 Å². The fourth-order valence-electron chi connectivity index (χ4n) is 1.52. The fraction of sp³-hybridized carbons (Fsp3) is 0.200. The molecular formula is C10H10O3. The lowest BCUT2D eigenvalue weighted by atomic mass is 9.92. The van der Waals surface area contributed by atoms with E-state index < -0.39 is 12.2 Å². The van der Waals surface area contributed by atoms with E-state index in [1.165, 1.54) is 12.1 Å². The standard InChI is InChI=1S/C10H10O3/c11-7-3-1-2-6-4-5-8(12)10(13)9(6)7/h1-5,8,10-13H/t8-,10-/m0/s1. The van der Waals surface area contributed by atoms with Crippen molar-refractivity contribution in [3.8, 4) is 5.75 Å². The molecule has 0 radical (unpaired) electrons. The summed E-state index contributed by atoms with van der Waals surface area (Å²) in [6.07, 6.45) is 1.24. The summed E-state index contributed by atoms with van der Waals surface area (Å²) in [5.74, 6) is 0.0217. The minimum atomic E-state index is -1.03. The van der Waals surface area contributed by atoms with Gasteiger partial charge < -0.3 is 15.3 Å². The molecule has 1 aromatic carbocycles. The van der Waals surface area contributed by atoms with Gasteiger partial charge >= 0.3 is 0 Å². The number of hydrogen-bond donors (Lipinski definition) is 3. The monoisotopic (exact) mass is 178 g/mol. The van der Waals surface area contributed by atoms with E-state index in [9.17, 15) is 15.3 Å². The number of phenols is 1. The number of phenolic OH excluding ortho intramolecular Hbond substituents is 1. The first-order valence-electron chi connectivity index (χ1n) is 4.06. The van der Waals surface area contributed by atoms with Crippen LogP contribution in [-0.2, 0) is 0 Å². The third-order valence-corrected chi connectivity index (χ3v) is 2.21. The van der Waals surface area contributed by atoms with Crippen molar-refractivity contribution >= 4 is 6.08 Å². The quantitative estimate of drug-likeness (QED) is 0.551. The molecule has 0 saturated heterocycles. The number of aliphatic hydroxyl groups excluding tert-OH is 2. The van der Waals surface area contributed by atoms with Crippen LogP contribution < -0.4 is 0 Å². The van der Waals surface area contributed by atoms with Gasteiger partial charge in [0.05, 0.1) is 0 Å². The first-order chi connectivity index (χ1) is 6.20. The lowest BCUT2D eigenvalue weighted by Gasteiger charge is -2.22. The lowest BCUT2D eigenvalue weighted by Crippen LogP contribution is -2.19. The van der Waals surface area contributed by atoms with Crippen molar-refractivity contribution in [3.63, 3.8) is 0 Å². The molecule has 0 unspecified atom stereocenters. The summed E-state index contributed by atoms with van der Waals surface area (Å²) in [7, 11) is 0. The van der Waals surface area contributed by atoms with E-state index in [2.05, 4.69) is 0 Å². The van der Waals surface area contributed by atoms with Gasteiger partial charge in [0.25, 0.3) is 0 Å². The second-order valence-electron chi connectivity index (χ2n) is 3.07. The Bertz CT molecular complexity index is 357. The second kappa shape index (κ2) is 2.87. The summed E-state index contributed by atoms with van der Waals surface area (Å²) in [6.45, 7) is 0. The Hall–Kier alpha value is -1.32. The van der Waals surface area contributed by atoms with E-state index in [0.29, 0.717) is 5.56 Å². The number of benzene rings is 1. The molecular weight excluding hydrogens is 168 g/mol. The molecule has 3 N–H and O–H groups in total. The topological polar surface area (TPSA) is 60.7 Å². The average molecular weight is 178 g/mol. The molecule has 1 aromatic rings. The molecule has 68 valence electrons. The maximum absolute atomic E-state index is 9.55. The van der Waals surface area contributed by atoms with Gasteiger partial charge in [-0.25, -0.2) is 0 Å². The smallest absolute Gasteiger partial charge is 0.122 e. The first kappa shape index (κ1) is 8.29. The SMILES string of the molecule is Oc1cccc2c1[C@@H](O)[C@@H](O)C=C2. The molecule has 0 aliphatic heterocycles. The molecule has 0 aromatic heterocycles. The zero-order valence-corrected chi connectivity index (χ0v) is 6.88. The lowest BCUT2D eigenvalue weighted by molar-refractivity contribution is 0.0453. The van der Waals surface area contributed by atoms with Crippen molar-refractivity contribution in [1.82, 2.24) is 0 Å². The van der Waals surface area contributed by atoms with Gasteiger partial charge in [-0.1, -0.05) is 24.3 Å². The van der Waals surface area contributed by atoms with Crippen molar-refractivity contribution in [3.05, 3.63) is 35.4 Å². The van der Waals surface area contributed by atoms with Crippen molar-refractivity contribution in [1.29, 1.82) is 0 Å². The van der Waals surface area contributed by atoms with E-state index >= 15 is 0 Å². The van der Waals surface area contributed by atoms with Crippen LogP contribution in [0.15, 0.2) is 24.3 Å². The second-order valence-corrected chi connectivity index (χ2v) is 3.07. The van der Waals surface area contributed by atoms with Crippen molar-refractivity contribution < 1.29 is 15.3 Å². The number of aliphatic hydroxyl groups is 2. The highest BCUT2D eigenvalue weighted by molar-refractivity contribution is 5.61. The van der Waals surface area contributed by atoms with Gasteiger partial charge in [0, 0.05) is 5.56 Å². The number of aromatic hydroxyl groups is 1. The molecule has 13 heavy (non-hydrogen) atoms. The van der Waals surface area contributed by atoms with E-state index in [1.807, 2.05) is 0 Å². The number of fused-ring (bicyclic) bond motifs is 1. The van der Waals surface area contributed by atoms with Gasteiger partial charge in [0.15, 0.2) is 0 Å². The zero-order valence-electron chi connectivity index (χ0n) is 6.88. The van der Waals surface area contributed by atoms with Crippen molar-refractivity contribution in [2.75, 3.05) is 0 Å². The van der Waals surface area contributed by atoms with Gasteiger partial charge in [-0.15, -0.1) is 0 Å². The predicted octanol–water partition coefficient (Wildman–Crippen LogP) is 0.813. The summed E-state index contributed by atoms with van der Waals surface area (Å²) in [4.78, 5) is 0. The Kier molecular flexibility index (Phi) is 1.83. The maximum atomic E-state index is 9.55. The Morgan fingerprint density at radius 1 is 1.15 bits per heavy atom. The molecule has 0 bridgehead atoms. The Labute approximate surface area is 75.6 Å². The summed E-state index contributed by atoms with van der Waals surface area (Å²) in [6, 6.07) is 4.97. The summed E-state index contributed by atoms with van der Waals surface area (Å²) in [5, 5.41) is 28.3. The Morgan fingerprint density at radius 2 is 1.92 bits per heavy atom. The molecule has 1 aliphatic carbocycles. The largest absolute Gasteiger partial charge is 0.508 e. The summed E-state index contributed by atoms with van der Waals surface area (Å²) >= 11 is 0. The summed E-state index contributed by atoms with van der Waals surface area (Å²) in [5.41, 5.74) is 1.15. The average Bonchev–Trinajstić information content (AvgIpc) is 2.12. The molecule has 1 aliphatic rings. The van der Waals surface area contributed by atoms with Gasteiger partial charge in [0.2, 0.25) is 0 Å². The maximum Gasteiger partial charge on any atom is 0.122 e. The fourth-order valence-corrected chi connectivity index (χ4v) is 1.52. The third kappa shape index (κ3) is 1.22.